The number of anilines is 1. The highest BCUT2D eigenvalue weighted by atomic mass is 35.5. The predicted octanol–water partition coefficient (Wildman–Crippen LogP) is 3.37. The van der Waals surface area contributed by atoms with Gasteiger partial charge in [-0.25, -0.2) is 0 Å². The van der Waals surface area contributed by atoms with Gasteiger partial charge in [0, 0.05) is 37.1 Å². The van der Waals surface area contributed by atoms with Gasteiger partial charge in [-0.2, -0.15) is 0 Å². The quantitative estimate of drug-likeness (QED) is 0.743. The Hall–Kier alpha value is -2.73. The minimum absolute atomic E-state index is 0.0865. The van der Waals surface area contributed by atoms with E-state index in [1.165, 1.54) is 0 Å². The SMILES string of the molecule is COc1ccc(Cl)cc1CN(C)C(=O)C1CC(=O)N(c2ccccc2OC)C1. The number of para-hydroxylation sites is 2. The maximum Gasteiger partial charge on any atom is 0.228 e. The molecule has 6 nitrogen and oxygen atoms in total. The standard InChI is InChI=1S/C21H23ClN2O4/c1-23(12-14-10-16(22)8-9-18(14)27-2)21(26)15-11-20(25)24(13-15)17-6-4-5-7-19(17)28-3/h4-10,15H,11-13H2,1-3H3. The number of methoxy groups -OCH3 is 2. The number of benzene rings is 2. The molecule has 7 heteroatoms. The molecule has 0 spiro atoms. The zero-order chi connectivity index (χ0) is 20.3. The minimum Gasteiger partial charge on any atom is -0.496 e. The van der Waals surface area contributed by atoms with Crippen LogP contribution in [0.5, 0.6) is 11.5 Å². The van der Waals surface area contributed by atoms with Crippen LogP contribution in [0.3, 0.4) is 0 Å². The molecule has 148 valence electrons. The van der Waals surface area contributed by atoms with E-state index in [1.54, 1.807) is 55.3 Å². The molecule has 0 saturated carbocycles. The van der Waals surface area contributed by atoms with Crippen LogP contribution in [0.4, 0.5) is 5.69 Å². The maximum absolute atomic E-state index is 13.0. The molecule has 1 saturated heterocycles. The first-order valence-corrected chi connectivity index (χ1v) is 9.33. The summed E-state index contributed by atoms with van der Waals surface area (Å²) < 4.78 is 10.7. The highest BCUT2D eigenvalue weighted by Gasteiger charge is 2.37. The van der Waals surface area contributed by atoms with E-state index in [0.29, 0.717) is 35.3 Å². The Morgan fingerprint density at radius 3 is 2.61 bits per heavy atom. The largest absolute Gasteiger partial charge is 0.496 e. The molecule has 28 heavy (non-hydrogen) atoms. The Balaban J connectivity index is 1.73. The lowest BCUT2D eigenvalue weighted by Crippen LogP contribution is -2.34. The molecular weight excluding hydrogens is 380 g/mol. The number of hydrogen-bond donors (Lipinski definition) is 0. The molecule has 1 heterocycles. The lowest BCUT2D eigenvalue weighted by Gasteiger charge is -2.23. The zero-order valence-electron chi connectivity index (χ0n) is 16.1. The number of rotatable bonds is 6. The number of carbonyl (C=O) groups excluding carboxylic acids is 2. The normalized spacial score (nSPS) is 16.2. The number of carbonyl (C=O) groups is 2. The monoisotopic (exact) mass is 402 g/mol. The predicted molar refractivity (Wildman–Crippen MR) is 108 cm³/mol. The van der Waals surface area contributed by atoms with E-state index in [1.807, 2.05) is 18.2 Å². The third-order valence-corrected chi connectivity index (χ3v) is 5.11. The summed E-state index contributed by atoms with van der Waals surface area (Å²) in [6.45, 7) is 0.678. The Kier molecular flexibility index (Phi) is 6.09. The summed E-state index contributed by atoms with van der Waals surface area (Å²) in [6.07, 6.45) is 0.175. The van der Waals surface area contributed by atoms with Crippen LogP contribution in [0.2, 0.25) is 5.02 Å². The minimum atomic E-state index is -0.410. The van der Waals surface area contributed by atoms with Gasteiger partial charge in [-0.3, -0.25) is 9.59 Å². The molecule has 1 aliphatic heterocycles. The highest BCUT2D eigenvalue weighted by molar-refractivity contribution is 6.30. The summed E-state index contributed by atoms with van der Waals surface area (Å²) in [5.41, 5.74) is 1.50. The first-order valence-electron chi connectivity index (χ1n) is 8.95. The summed E-state index contributed by atoms with van der Waals surface area (Å²) in [5, 5.41) is 0.579. The van der Waals surface area contributed by atoms with Gasteiger partial charge in [0.25, 0.3) is 0 Å². The molecule has 0 radical (unpaired) electrons. The van der Waals surface area contributed by atoms with E-state index in [-0.39, 0.29) is 18.2 Å². The van der Waals surface area contributed by atoms with Gasteiger partial charge in [0.15, 0.2) is 0 Å². The fourth-order valence-corrected chi connectivity index (χ4v) is 3.67. The number of amides is 2. The van der Waals surface area contributed by atoms with Crippen LogP contribution in [0.1, 0.15) is 12.0 Å². The fraction of sp³-hybridized carbons (Fsp3) is 0.333. The van der Waals surface area contributed by atoms with Crippen molar-refractivity contribution in [1.29, 1.82) is 0 Å². The van der Waals surface area contributed by atoms with Crippen molar-refractivity contribution in [2.24, 2.45) is 5.92 Å². The first-order chi connectivity index (χ1) is 13.4. The number of halogens is 1. The molecule has 0 N–H and O–H groups in total. The fourth-order valence-electron chi connectivity index (χ4n) is 3.47. The average molecular weight is 403 g/mol. The van der Waals surface area contributed by atoms with Crippen LogP contribution in [0.25, 0.3) is 0 Å². The number of hydrogen-bond acceptors (Lipinski definition) is 4. The van der Waals surface area contributed by atoms with Crippen LogP contribution < -0.4 is 14.4 Å². The molecule has 2 aromatic carbocycles. The lowest BCUT2D eigenvalue weighted by molar-refractivity contribution is -0.135. The van der Waals surface area contributed by atoms with Gasteiger partial charge >= 0.3 is 0 Å². The van der Waals surface area contributed by atoms with Crippen molar-refractivity contribution < 1.29 is 19.1 Å². The molecule has 2 amide bonds. The van der Waals surface area contributed by atoms with Crippen molar-refractivity contribution in [3.05, 3.63) is 53.1 Å². The molecule has 1 unspecified atom stereocenters. The average Bonchev–Trinajstić information content (AvgIpc) is 3.08. The smallest absolute Gasteiger partial charge is 0.228 e. The van der Waals surface area contributed by atoms with E-state index >= 15 is 0 Å². The van der Waals surface area contributed by atoms with Gasteiger partial charge < -0.3 is 19.3 Å². The van der Waals surface area contributed by atoms with Gasteiger partial charge in [0.1, 0.15) is 11.5 Å². The van der Waals surface area contributed by atoms with Crippen molar-refractivity contribution in [2.45, 2.75) is 13.0 Å². The third kappa shape index (κ3) is 4.07. The van der Waals surface area contributed by atoms with Gasteiger partial charge in [-0.1, -0.05) is 23.7 Å². The Morgan fingerprint density at radius 2 is 1.89 bits per heavy atom. The van der Waals surface area contributed by atoms with E-state index in [0.717, 1.165) is 5.56 Å². The van der Waals surface area contributed by atoms with Crippen LogP contribution in [0.15, 0.2) is 42.5 Å². The molecule has 1 fully saturated rings. The summed E-state index contributed by atoms with van der Waals surface area (Å²) in [6, 6.07) is 12.6. The Morgan fingerprint density at radius 1 is 1.18 bits per heavy atom. The molecular formula is C21H23ClN2O4. The first kappa shape index (κ1) is 20.0. The van der Waals surface area contributed by atoms with Crippen LogP contribution in [-0.2, 0) is 16.1 Å². The van der Waals surface area contributed by atoms with Crippen molar-refractivity contribution in [1.82, 2.24) is 4.90 Å². The van der Waals surface area contributed by atoms with Gasteiger partial charge in [-0.15, -0.1) is 0 Å². The second-order valence-corrected chi connectivity index (χ2v) is 7.16. The molecule has 0 aromatic heterocycles. The molecule has 1 atom stereocenters. The van der Waals surface area contributed by atoms with E-state index in [9.17, 15) is 9.59 Å². The van der Waals surface area contributed by atoms with Crippen molar-refractivity contribution >= 4 is 29.1 Å². The molecule has 0 aliphatic carbocycles. The highest BCUT2D eigenvalue weighted by Crippen LogP contribution is 2.33. The molecule has 0 bridgehead atoms. The maximum atomic E-state index is 13.0. The number of ether oxygens (including phenoxy) is 2. The molecule has 2 aromatic rings. The molecule has 1 aliphatic rings. The Labute approximate surface area is 169 Å². The van der Waals surface area contributed by atoms with E-state index < -0.39 is 5.92 Å². The van der Waals surface area contributed by atoms with Crippen molar-refractivity contribution in [3.8, 4) is 11.5 Å². The lowest BCUT2D eigenvalue weighted by atomic mass is 10.1. The zero-order valence-corrected chi connectivity index (χ0v) is 16.9. The summed E-state index contributed by atoms with van der Waals surface area (Å²) in [7, 11) is 4.86. The van der Waals surface area contributed by atoms with Gasteiger partial charge in [0.2, 0.25) is 11.8 Å². The molecule has 3 rings (SSSR count). The summed E-state index contributed by atoms with van der Waals surface area (Å²) >= 11 is 6.08. The van der Waals surface area contributed by atoms with E-state index in [4.69, 9.17) is 21.1 Å². The number of nitrogens with zero attached hydrogens (tertiary/aromatic N) is 2. The van der Waals surface area contributed by atoms with Crippen LogP contribution in [0, 0.1) is 5.92 Å². The third-order valence-electron chi connectivity index (χ3n) is 4.88. The van der Waals surface area contributed by atoms with Crippen LogP contribution >= 0.6 is 11.6 Å². The Bertz CT molecular complexity index is 886. The van der Waals surface area contributed by atoms with Crippen molar-refractivity contribution in [3.63, 3.8) is 0 Å². The second-order valence-electron chi connectivity index (χ2n) is 6.73. The topological polar surface area (TPSA) is 59.1 Å². The summed E-state index contributed by atoms with van der Waals surface area (Å²) in [4.78, 5) is 28.7. The van der Waals surface area contributed by atoms with Gasteiger partial charge in [0.05, 0.1) is 25.8 Å². The van der Waals surface area contributed by atoms with Gasteiger partial charge in [-0.05, 0) is 30.3 Å². The summed E-state index contributed by atoms with van der Waals surface area (Å²) in [5.74, 6) is 0.695. The van der Waals surface area contributed by atoms with Crippen molar-refractivity contribution in [2.75, 3.05) is 32.7 Å². The van der Waals surface area contributed by atoms with E-state index in [2.05, 4.69) is 0 Å². The van der Waals surface area contributed by atoms with Crippen LogP contribution in [-0.4, -0.2) is 44.5 Å². The second kappa shape index (κ2) is 8.52.